The average Bonchev–Trinajstić information content (AvgIpc) is 3.81. The Balaban J connectivity index is 1.13. The predicted molar refractivity (Wildman–Crippen MR) is 235 cm³/mol. The van der Waals surface area contributed by atoms with Gasteiger partial charge in [0.25, 0.3) is 0 Å². The highest BCUT2D eigenvalue weighted by atomic mass is 32.1. The summed E-state index contributed by atoms with van der Waals surface area (Å²) in [6.45, 7) is 0. The normalized spacial score (nSPS) is 13.4. The SMILES string of the molecule is c1ccc(-c2nc(-c3ccccc3)nc(N3c4ccccc4C4(c5ccccc5-c5ccc(-c6cccc7c6sc6ccccc67)cc54)c4ccccc43)n2)cc1. The number of hydrogen-bond donors (Lipinski definition) is 0. The molecule has 0 saturated heterocycles. The van der Waals surface area contributed by atoms with Crippen molar-refractivity contribution in [3.8, 4) is 45.0 Å². The molecule has 0 radical (unpaired) electrons. The Kier molecular flexibility index (Phi) is 6.98. The molecule has 0 amide bonds. The fourth-order valence-electron chi connectivity index (χ4n) is 9.36. The molecule has 10 aromatic rings. The molecule has 4 nitrogen and oxygen atoms in total. The van der Waals surface area contributed by atoms with Crippen LogP contribution in [-0.4, -0.2) is 15.0 Å². The molecule has 12 rings (SSSR count). The fourth-order valence-corrected chi connectivity index (χ4v) is 10.6. The van der Waals surface area contributed by atoms with Crippen LogP contribution in [0.2, 0.25) is 0 Å². The Labute approximate surface area is 334 Å². The van der Waals surface area contributed by atoms with Crippen molar-refractivity contribution in [1.29, 1.82) is 0 Å². The molecule has 2 aromatic heterocycles. The molecule has 1 spiro atoms. The summed E-state index contributed by atoms with van der Waals surface area (Å²) in [6.07, 6.45) is 0. The summed E-state index contributed by atoms with van der Waals surface area (Å²) in [5.74, 6) is 1.84. The number of anilines is 3. The van der Waals surface area contributed by atoms with Gasteiger partial charge in [0.05, 0.1) is 16.8 Å². The van der Waals surface area contributed by atoms with Gasteiger partial charge in [-0.1, -0.05) is 170 Å². The number of rotatable bonds is 4. The topological polar surface area (TPSA) is 41.9 Å². The van der Waals surface area contributed by atoms with Crippen LogP contribution < -0.4 is 4.90 Å². The molecule has 266 valence electrons. The van der Waals surface area contributed by atoms with Crippen LogP contribution >= 0.6 is 11.3 Å². The zero-order valence-electron chi connectivity index (χ0n) is 30.7. The van der Waals surface area contributed by atoms with E-state index in [1.165, 1.54) is 64.7 Å². The van der Waals surface area contributed by atoms with E-state index in [-0.39, 0.29) is 0 Å². The van der Waals surface area contributed by atoms with Gasteiger partial charge in [0, 0.05) is 31.3 Å². The van der Waals surface area contributed by atoms with Crippen molar-refractivity contribution in [1.82, 2.24) is 15.0 Å². The second kappa shape index (κ2) is 12.4. The molecule has 5 heteroatoms. The molecule has 8 aromatic carbocycles. The van der Waals surface area contributed by atoms with E-state index in [4.69, 9.17) is 15.0 Å². The quantitative estimate of drug-likeness (QED) is 0.180. The molecule has 0 unspecified atom stereocenters. The molecule has 0 bridgehead atoms. The van der Waals surface area contributed by atoms with Crippen LogP contribution in [0.4, 0.5) is 17.3 Å². The highest BCUT2D eigenvalue weighted by Crippen LogP contribution is 2.63. The monoisotopic (exact) mass is 744 g/mol. The van der Waals surface area contributed by atoms with Crippen LogP contribution in [0.15, 0.2) is 194 Å². The maximum absolute atomic E-state index is 5.26. The lowest BCUT2D eigenvalue weighted by Gasteiger charge is -2.44. The standard InChI is InChI=1S/C52H32N4S/c1-3-16-33(17-4-1)49-53-50(34-18-5-2-6-19-34)55-51(54-49)56-45-27-12-10-25-42(45)52(43-26-11-13-28-46(43)56)41-24-9-7-20-37(41)38-31-30-35(32-44(38)52)36-22-15-23-40-39-21-8-14-29-47(39)57-48(36)40/h1-32H. The number of hydrogen-bond acceptors (Lipinski definition) is 5. The first-order valence-corrected chi connectivity index (χ1v) is 20.1. The van der Waals surface area contributed by atoms with Crippen LogP contribution in [0.25, 0.3) is 65.2 Å². The molecule has 0 saturated carbocycles. The largest absolute Gasteiger partial charge is 0.278 e. The van der Waals surface area contributed by atoms with E-state index in [0.717, 1.165) is 22.5 Å². The van der Waals surface area contributed by atoms with Gasteiger partial charge >= 0.3 is 0 Å². The Morgan fingerprint density at radius 2 is 0.930 bits per heavy atom. The lowest BCUT2D eigenvalue weighted by atomic mass is 9.64. The molecule has 1 aliphatic carbocycles. The summed E-state index contributed by atoms with van der Waals surface area (Å²) in [6, 6.07) is 69.7. The van der Waals surface area contributed by atoms with Gasteiger partial charge in [-0.2, -0.15) is 9.97 Å². The molecular formula is C52H32N4S. The number of benzene rings is 8. The van der Waals surface area contributed by atoms with Crippen LogP contribution in [0.1, 0.15) is 22.3 Å². The Morgan fingerprint density at radius 1 is 0.386 bits per heavy atom. The van der Waals surface area contributed by atoms with E-state index in [9.17, 15) is 0 Å². The van der Waals surface area contributed by atoms with E-state index in [1.807, 2.05) is 47.7 Å². The van der Waals surface area contributed by atoms with Crippen molar-refractivity contribution in [2.45, 2.75) is 5.41 Å². The van der Waals surface area contributed by atoms with Crippen molar-refractivity contribution >= 4 is 48.8 Å². The number of nitrogens with zero attached hydrogens (tertiary/aromatic N) is 4. The highest BCUT2D eigenvalue weighted by Gasteiger charge is 2.52. The van der Waals surface area contributed by atoms with E-state index in [2.05, 4.69) is 163 Å². The molecule has 2 aliphatic rings. The lowest BCUT2D eigenvalue weighted by Crippen LogP contribution is -2.36. The second-order valence-corrected chi connectivity index (χ2v) is 15.8. The number of fused-ring (bicyclic) bond motifs is 12. The molecule has 0 N–H and O–H groups in total. The van der Waals surface area contributed by atoms with Gasteiger partial charge in [-0.25, -0.2) is 4.98 Å². The van der Waals surface area contributed by atoms with Gasteiger partial charge in [0.2, 0.25) is 5.95 Å². The maximum atomic E-state index is 5.26. The summed E-state index contributed by atoms with van der Waals surface area (Å²) in [4.78, 5) is 17.8. The summed E-state index contributed by atoms with van der Waals surface area (Å²) in [7, 11) is 0. The Morgan fingerprint density at radius 3 is 1.63 bits per heavy atom. The van der Waals surface area contributed by atoms with Crippen molar-refractivity contribution in [3.63, 3.8) is 0 Å². The van der Waals surface area contributed by atoms with Crippen molar-refractivity contribution < 1.29 is 0 Å². The minimum atomic E-state index is -0.600. The molecule has 0 fully saturated rings. The fraction of sp³-hybridized carbons (Fsp3) is 0.0192. The van der Waals surface area contributed by atoms with Gasteiger partial charge in [-0.3, -0.25) is 4.90 Å². The molecular weight excluding hydrogens is 713 g/mol. The summed E-state index contributed by atoms with van der Waals surface area (Å²) in [5.41, 5.74) is 13.3. The third-order valence-corrected chi connectivity index (χ3v) is 13.0. The molecule has 57 heavy (non-hydrogen) atoms. The van der Waals surface area contributed by atoms with E-state index >= 15 is 0 Å². The summed E-state index contributed by atoms with van der Waals surface area (Å²) in [5, 5.41) is 2.61. The Hall–Kier alpha value is -7.21. The minimum Gasteiger partial charge on any atom is -0.278 e. The zero-order valence-corrected chi connectivity index (χ0v) is 31.5. The zero-order chi connectivity index (χ0) is 37.5. The number of aromatic nitrogens is 3. The molecule has 0 atom stereocenters. The van der Waals surface area contributed by atoms with Crippen LogP contribution in [0.5, 0.6) is 0 Å². The predicted octanol–water partition coefficient (Wildman–Crippen LogP) is 13.4. The average molecular weight is 745 g/mol. The van der Waals surface area contributed by atoms with Gasteiger partial charge in [0.15, 0.2) is 11.6 Å². The first kappa shape index (κ1) is 32.1. The van der Waals surface area contributed by atoms with Crippen molar-refractivity contribution in [2.24, 2.45) is 0 Å². The third-order valence-electron chi connectivity index (χ3n) is 11.7. The first-order valence-electron chi connectivity index (χ1n) is 19.3. The number of para-hydroxylation sites is 2. The van der Waals surface area contributed by atoms with E-state index < -0.39 is 5.41 Å². The second-order valence-electron chi connectivity index (χ2n) is 14.7. The van der Waals surface area contributed by atoms with E-state index in [0.29, 0.717) is 17.6 Å². The summed E-state index contributed by atoms with van der Waals surface area (Å²) >= 11 is 1.88. The van der Waals surface area contributed by atoms with E-state index in [1.54, 1.807) is 0 Å². The maximum Gasteiger partial charge on any atom is 0.238 e. The number of thiophene rings is 1. The van der Waals surface area contributed by atoms with Gasteiger partial charge in [-0.05, 0) is 68.8 Å². The summed E-state index contributed by atoms with van der Waals surface area (Å²) < 4.78 is 2.63. The Bertz CT molecular complexity index is 3100. The van der Waals surface area contributed by atoms with Gasteiger partial charge in [-0.15, -0.1) is 11.3 Å². The highest BCUT2D eigenvalue weighted by molar-refractivity contribution is 7.26. The van der Waals surface area contributed by atoms with Crippen LogP contribution in [0.3, 0.4) is 0 Å². The lowest BCUT2D eigenvalue weighted by molar-refractivity contribution is 0.749. The van der Waals surface area contributed by atoms with Crippen LogP contribution in [0, 0.1) is 0 Å². The third kappa shape index (κ3) is 4.64. The van der Waals surface area contributed by atoms with Gasteiger partial charge < -0.3 is 0 Å². The molecule has 1 aliphatic heterocycles. The first-order chi connectivity index (χ1) is 28.3. The minimum absolute atomic E-state index is 0.578. The van der Waals surface area contributed by atoms with Crippen molar-refractivity contribution in [2.75, 3.05) is 4.90 Å². The van der Waals surface area contributed by atoms with Crippen LogP contribution in [-0.2, 0) is 5.41 Å². The van der Waals surface area contributed by atoms with Crippen molar-refractivity contribution in [3.05, 3.63) is 216 Å². The smallest absolute Gasteiger partial charge is 0.238 e. The van der Waals surface area contributed by atoms with Gasteiger partial charge in [0.1, 0.15) is 0 Å². The molecule has 3 heterocycles.